The molecule has 0 aliphatic rings. The smallest absolute Gasteiger partial charge is 1.00 e. The van der Waals surface area contributed by atoms with E-state index in [2.05, 4.69) is 0 Å². The van der Waals surface area contributed by atoms with Gasteiger partial charge < -0.3 is 6.16 Å². The summed E-state index contributed by atoms with van der Waals surface area (Å²) < 4.78 is 5.06. The first kappa shape index (κ1) is 12.4. The van der Waals surface area contributed by atoms with Crippen molar-refractivity contribution >= 4 is 5.69 Å². The number of rotatable bonds is 3. The van der Waals surface area contributed by atoms with Crippen molar-refractivity contribution < 1.29 is 40.6 Å². The number of nitrogens with zero attached hydrogens (tertiary/aromatic N) is 1. The van der Waals surface area contributed by atoms with Crippen LogP contribution in [-0.4, -0.2) is 11.5 Å². The third kappa shape index (κ3) is 3.34. The van der Waals surface area contributed by atoms with Gasteiger partial charge in [0.05, 0.1) is 11.5 Å². The van der Waals surface area contributed by atoms with Gasteiger partial charge in [0.1, 0.15) is 0 Å². The van der Waals surface area contributed by atoms with Crippen LogP contribution in [-0.2, 0) is 0 Å². The Morgan fingerprint density at radius 3 is 2.69 bits per heavy atom. The minimum Gasteiger partial charge on any atom is -1.00 e. The second-order valence-electron chi connectivity index (χ2n) is 2.16. The molecule has 0 unspecified atom stereocenters. The fourth-order valence-corrected chi connectivity index (χ4v) is 0.886. The minimum atomic E-state index is -0.453. The predicted molar refractivity (Wildman–Crippen MR) is 45.4 cm³/mol. The van der Waals surface area contributed by atoms with Gasteiger partial charge in [0.25, 0.3) is 0 Å². The van der Waals surface area contributed by atoms with Crippen LogP contribution in [0.15, 0.2) is 24.3 Å². The molecule has 0 fully saturated rings. The quantitative estimate of drug-likeness (QED) is 0.354. The van der Waals surface area contributed by atoms with Crippen LogP contribution in [0.5, 0.6) is 5.75 Å². The maximum absolute atomic E-state index is 10.4. The maximum atomic E-state index is 10.4. The van der Waals surface area contributed by atoms with E-state index in [1.807, 2.05) is 0 Å². The first-order valence-corrected chi connectivity index (χ1v) is 3.62. The van der Waals surface area contributed by atoms with Crippen molar-refractivity contribution in [3.05, 3.63) is 34.4 Å². The summed E-state index contributed by atoms with van der Waals surface area (Å²) in [5.41, 5.74) is 0.0133. The molecule has 13 heavy (non-hydrogen) atoms. The molecule has 0 aliphatic carbocycles. The van der Waals surface area contributed by atoms with Gasteiger partial charge >= 0.3 is 35.2 Å². The average Bonchev–Trinajstić information content (AvgIpc) is 2.05. The number of hydrogen-bond acceptors (Lipinski definition) is 3. The molecule has 5 heteroatoms. The molecule has 0 heterocycles. The SMILES string of the molecule is CCOc1ccccc1[N+](=O)[O-].[H-].[Na+]. The predicted octanol–water partition coefficient (Wildman–Crippen LogP) is -0.890. The van der Waals surface area contributed by atoms with Gasteiger partial charge in [-0.3, -0.25) is 10.1 Å². The van der Waals surface area contributed by atoms with E-state index in [1.54, 1.807) is 25.1 Å². The van der Waals surface area contributed by atoms with E-state index in [0.717, 1.165) is 0 Å². The Labute approximate surface area is 99.8 Å². The Morgan fingerprint density at radius 1 is 1.54 bits per heavy atom. The van der Waals surface area contributed by atoms with Crippen LogP contribution in [0.3, 0.4) is 0 Å². The van der Waals surface area contributed by atoms with E-state index in [-0.39, 0.29) is 36.7 Å². The molecule has 0 atom stereocenters. The van der Waals surface area contributed by atoms with Crippen molar-refractivity contribution in [2.75, 3.05) is 6.61 Å². The fourth-order valence-electron chi connectivity index (χ4n) is 0.886. The zero-order valence-corrected chi connectivity index (χ0v) is 9.69. The summed E-state index contributed by atoms with van der Waals surface area (Å²) in [4.78, 5) is 9.97. The van der Waals surface area contributed by atoms with Crippen LogP contribution < -0.4 is 34.3 Å². The number of benzene rings is 1. The molecular weight excluding hydrogens is 181 g/mol. The third-order valence-corrected chi connectivity index (χ3v) is 1.36. The van der Waals surface area contributed by atoms with Gasteiger partial charge in [-0.15, -0.1) is 0 Å². The van der Waals surface area contributed by atoms with Crippen LogP contribution in [0.4, 0.5) is 5.69 Å². The number of ether oxygens (including phenoxy) is 1. The van der Waals surface area contributed by atoms with Gasteiger partial charge in [0, 0.05) is 6.07 Å². The van der Waals surface area contributed by atoms with Crippen molar-refractivity contribution in [1.29, 1.82) is 0 Å². The molecule has 4 nitrogen and oxygen atoms in total. The zero-order valence-electron chi connectivity index (χ0n) is 8.69. The molecule has 0 saturated heterocycles. The van der Waals surface area contributed by atoms with E-state index in [1.165, 1.54) is 6.07 Å². The van der Waals surface area contributed by atoms with Crippen molar-refractivity contribution in [2.45, 2.75) is 6.92 Å². The summed E-state index contributed by atoms with van der Waals surface area (Å²) in [7, 11) is 0. The van der Waals surface area contributed by atoms with E-state index < -0.39 is 4.92 Å². The van der Waals surface area contributed by atoms with Crippen molar-refractivity contribution in [3.8, 4) is 5.75 Å². The van der Waals surface area contributed by atoms with Gasteiger partial charge in [-0.1, -0.05) is 12.1 Å². The van der Waals surface area contributed by atoms with Crippen molar-refractivity contribution in [1.82, 2.24) is 0 Å². The number of nitro groups is 1. The summed E-state index contributed by atoms with van der Waals surface area (Å²) in [5.74, 6) is 0.324. The fraction of sp³-hybridized carbons (Fsp3) is 0.250. The Hall–Kier alpha value is -0.580. The van der Waals surface area contributed by atoms with Gasteiger partial charge in [0.15, 0.2) is 5.75 Å². The minimum absolute atomic E-state index is 0. The van der Waals surface area contributed by atoms with Crippen LogP contribution in [0.2, 0.25) is 0 Å². The van der Waals surface area contributed by atoms with Gasteiger partial charge in [0.2, 0.25) is 0 Å². The number of para-hydroxylation sites is 2. The third-order valence-electron chi connectivity index (χ3n) is 1.36. The van der Waals surface area contributed by atoms with Gasteiger partial charge in [-0.25, -0.2) is 0 Å². The van der Waals surface area contributed by atoms with E-state index >= 15 is 0 Å². The van der Waals surface area contributed by atoms with Crippen LogP contribution in [0, 0.1) is 10.1 Å². The Morgan fingerprint density at radius 2 is 2.15 bits per heavy atom. The van der Waals surface area contributed by atoms with Gasteiger partial charge in [-0.05, 0) is 13.0 Å². The Kier molecular flexibility index (Phi) is 5.70. The van der Waals surface area contributed by atoms with Crippen LogP contribution >= 0.6 is 0 Å². The molecule has 1 aromatic carbocycles. The van der Waals surface area contributed by atoms with Crippen molar-refractivity contribution in [2.24, 2.45) is 0 Å². The molecule has 1 rings (SSSR count). The average molecular weight is 191 g/mol. The first-order chi connectivity index (χ1) is 5.75. The second-order valence-corrected chi connectivity index (χ2v) is 2.16. The monoisotopic (exact) mass is 191 g/mol. The molecule has 1 aromatic rings. The van der Waals surface area contributed by atoms with Gasteiger partial charge in [-0.2, -0.15) is 0 Å². The summed E-state index contributed by atoms with van der Waals surface area (Å²) in [5, 5.41) is 10.4. The standard InChI is InChI=1S/C8H9NO3.Na.H/c1-2-12-8-6-4-3-5-7(8)9(10)11;;/h3-6H,2H2,1H3;;/q;+1;-1. The van der Waals surface area contributed by atoms with E-state index in [0.29, 0.717) is 12.4 Å². The van der Waals surface area contributed by atoms with Crippen LogP contribution in [0.1, 0.15) is 8.35 Å². The second kappa shape index (κ2) is 5.96. The number of nitro benzene ring substituents is 1. The molecule has 0 saturated carbocycles. The molecule has 0 bridgehead atoms. The summed E-state index contributed by atoms with van der Waals surface area (Å²) >= 11 is 0. The first-order valence-electron chi connectivity index (χ1n) is 3.62. The summed E-state index contributed by atoms with van der Waals surface area (Å²) in [6.07, 6.45) is 0. The Bertz CT molecular complexity index is 296. The molecule has 0 amide bonds. The molecule has 0 aliphatic heterocycles. The largest absolute Gasteiger partial charge is 1.00 e. The molecule has 0 spiro atoms. The number of hydrogen-bond donors (Lipinski definition) is 0. The Balaban J connectivity index is 0. The van der Waals surface area contributed by atoms with E-state index in [9.17, 15) is 10.1 Å². The maximum Gasteiger partial charge on any atom is 1.00 e. The van der Waals surface area contributed by atoms with Crippen molar-refractivity contribution in [3.63, 3.8) is 0 Å². The molecule has 0 radical (unpaired) electrons. The summed E-state index contributed by atoms with van der Waals surface area (Å²) in [6.45, 7) is 2.22. The van der Waals surface area contributed by atoms with E-state index in [4.69, 9.17) is 4.74 Å². The van der Waals surface area contributed by atoms with Crippen LogP contribution in [0.25, 0.3) is 0 Å². The molecule has 0 N–H and O–H groups in total. The molecular formula is C8H10NNaO3. The molecule has 0 aromatic heterocycles. The normalized spacial score (nSPS) is 8.69. The zero-order chi connectivity index (χ0) is 8.97. The molecule has 66 valence electrons. The summed E-state index contributed by atoms with van der Waals surface area (Å²) in [6, 6.07) is 6.32. The topological polar surface area (TPSA) is 52.4 Å².